The van der Waals surface area contributed by atoms with E-state index in [4.69, 9.17) is 16.3 Å². The lowest BCUT2D eigenvalue weighted by molar-refractivity contribution is -0.140. The molecule has 3 aromatic rings. The molecule has 0 radical (unpaired) electrons. The van der Waals surface area contributed by atoms with Crippen LogP contribution in [0.15, 0.2) is 72.3 Å². The van der Waals surface area contributed by atoms with Crippen molar-refractivity contribution in [3.63, 3.8) is 0 Å². The van der Waals surface area contributed by atoms with Gasteiger partial charge in [-0.2, -0.15) is 0 Å². The number of amides is 1. The van der Waals surface area contributed by atoms with Crippen molar-refractivity contribution in [1.29, 1.82) is 0 Å². The number of nitrogens with zero attached hydrogens (tertiary/aromatic N) is 1. The molecule has 1 heterocycles. The van der Waals surface area contributed by atoms with E-state index < -0.39 is 23.5 Å². The summed E-state index contributed by atoms with van der Waals surface area (Å²) < 4.78 is 18.9. The minimum absolute atomic E-state index is 0.0618. The molecular formula is C27H23ClFNO4. The number of carbonyl (C=O) groups is 2. The SMILES string of the molecule is CCOc1ccc(Cl)c(/C(O)=C2\C(=O)C(=O)N(Cc3ccc(F)cc3)C2c2cccc(C)c2)c1. The number of aliphatic hydroxyl groups is 1. The highest BCUT2D eigenvalue weighted by molar-refractivity contribution is 6.47. The number of ketones is 1. The molecule has 0 spiro atoms. The molecule has 34 heavy (non-hydrogen) atoms. The molecule has 1 N–H and O–H groups in total. The highest BCUT2D eigenvalue weighted by Gasteiger charge is 2.46. The zero-order chi connectivity index (χ0) is 24.4. The minimum Gasteiger partial charge on any atom is -0.507 e. The second-order valence-electron chi connectivity index (χ2n) is 8.04. The maximum atomic E-state index is 13.4. The van der Waals surface area contributed by atoms with Gasteiger partial charge in [0.15, 0.2) is 0 Å². The van der Waals surface area contributed by atoms with Crippen LogP contribution < -0.4 is 4.74 Å². The quantitative estimate of drug-likeness (QED) is 0.275. The van der Waals surface area contributed by atoms with Gasteiger partial charge in [0, 0.05) is 12.1 Å². The normalized spacial score (nSPS) is 17.3. The molecule has 1 saturated heterocycles. The van der Waals surface area contributed by atoms with Crippen molar-refractivity contribution in [2.45, 2.75) is 26.4 Å². The Balaban J connectivity index is 1.88. The van der Waals surface area contributed by atoms with E-state index in [0.717, 1.165) is 5.56 Å². The molecule has 4 rings (SSSR count). The molecule has 1 amide bonds. The van der Waals surface area contributed by atoms with Crippen LogP contribution in [0.2, 0.25) is 5.02 Å². The van der Waals surface area contributed by atoms with E-state index in [1.807, 2.05) is 32.0 Å². The lowest BCUT2D eigenvalue weighted by atomic mass is 9.94. The number of rotatable bonds is 6. The number of likely N-dealkylation sites (tertiary alicyclic amines) is 1. The molecular weight excluding hydrogens is 457 g/mol. The Labute approximate surface area is 202 Å². The summed E-state index contributed by atoms with van der Waals surface area (Å²) in [6.45, 7) is 4.20. The number of carbonyl (C=O) groups excluding carboxylic acids is 2. The van der Waals surface area contributed by atoms with Crippen LogP contribution in [-0.2, 0) is 16.1 Å². The molecule has 1 aliphatic heterocycles. The fourth-order valence-corrected chi connectivity index (χ4v) is 4.31. The van der Waals surface area contributed by atoms with Crippen molar-refractivity contribution >= 4 is 29.1 Å². The van der Waals surface area contributed by atoms with Crippen LogP contribution in [0.3, 0.4) is 0 Å². The molecule has 0 bridgehead atoms. The molecule has 1 atom stereocenters. The molecule has 174 valence electrons. The Bertz CT molecular complexity index is 1290. The number of aliphatic hydroxyl groups excluding tert-OH is 1. The van der Waals surface area contributed by atoms with Gasteiger partial charge in [-0.3, -0.25) is 9.59 Å². The molecule has 1 fully saturated rings. The summed E-state index contributed by atoms with van der Waals surface area (Å²) in [5.74, 6) is -1.87. The van der Waals surface area contributed by atoms with Crippen molar-refractivity contribution in [2.24, 2.45) is 0 Å². The van der Waals surface area contributed by atoms with E-state index in [1.165, 1.54) is 17.0 Å². The van der Waals surface area contributed by atoms with Crippen LogP contribution in [0.5, 0.6) is 5.75 Å². The van der Waals surface area contributed by atoms with Crippen LogP contribution in [0, 0.1) is 12.7 Å². The summed E-state index contributed by atoms with van der Waals surface area (Å²) >= 11 is 6.36. The average Bonchev–Trinajstić information content (AvgIpc) is 3.06. The van der Waals surface area contributed by atoms with Gasteiger partial charge >= 0.3 is 0 Å². The number of hydrogen-bond acceptors (Lipinski definition) is 4. The smallest absolute Gasteiger partial charge is 0.295 e. The van der Waals surface area contributed by atoms with Crippen molar-refractivity contribution in [3.8, 4) is 5.75 Å². The van der Waals surface area contributed by atoms with E-state index >= 15 is 0 Å². The summed E-state index contributed by atoms with van der Waals surface area (Å²) in [6.07, 6.45) is 0. The van der Waals surface area contributed by atoms with Crippen LogP contribution in [-0.4, -0.2) is 28.3 Å². The van der Waals surface area contributed by atoms with Gasteiger partial charge in [0.2, 0.25) is 0 Å². The first-order valence-electron chi connectivity index (χ1n) is 10.8. The fraction of sp³-hybridized carbons (Fsp3) is 0.185. The third-order valence-corrected chi connectivity index (χ3v) is 6.00. The highest BCUT2D eigenvalue weighted by Crippen LogP contribution is 2.42. The Morgan fingerprint density at radius 2 is 1.82 bits per heavy atom. The largest absolute Gasteiger partial charge is 0.507 e. The predicted octanol–water partition coefficient (Wildman–Crippen LogP) is 5.81. The molecule has 0 aliphatic carbocycles. The second kappa shape index (κ2) is 9.69. The zero-order valence-corrected chi connectivity index (χ0v) is 19.5. The Kier molecular flexibility index (Phi) is 6.70. The first-order chi connectivity index (χ1) is 16.3. The first-order valence-corrected chi connectivity index (χ1v) is 11.2. The van der Waals surface area contributed by atoms with Gasteiger partial charge < -0.3 is 14.7 Å². The number of halogens is 2. The molecule has 7 heteroatoms. The van der Waals surface area contributed by atoms with E-state index in [0.29, 0.717) is 23.5 Å². The average molecular weight is 480 g/mol. The number of benzene rings is 3. The Morgan fingerprint density at radius 3 is 2.50 bits per heavy atom. The van der Waals surface area contributed by atoms with E-state index in [9.17, 15) is 19.1 Å². The molecule has 0 saturated carbocycles. The van der Waals surface area contributed by atoms with Gasteiger partial charge in [0.25, 0.3) is 11.7 Å². The summed E-state index contributed by atoms with van der Waals surface area (Å²) in [6, 6.07) is 17.0. The maximum Gasteiger partial charge on any atom is 0.295 e. The monoisotopic (exact) mass is 479 g/mol. The standard InChI is InChI=1S/C27H23ClFNO4/c1-3-34-20-11-12-22(28)21(14-20)25(31)23-24(18-6-4-5-16(2)13-18)30(27(33)26(23)32)15-17-7-9-19(29)10-8-17/h4-14,24,31H,3,15H2,1-2H3/b25-23+. The number of ether oxygens (including phenoxy) is 1. The van der Waals surface area contributed by atoms with Crippen LogP contribution in [0.25, 0.3) is 5.76 Å². The molecule has 1 unspecified atom stereocenters. The van der Waals surface area contributed by atoms with Crippen LogP contribution in [0.4, 0.5) is 4.39 Å². The summed E-state index contributed by atoms with van der Waals surface area (Å²) in [5, 5.41) is 11.5. The topological polar surface area (TPSA) is 66.8 Å². The van der Waals surface area contributed by atoms with Gasteiger partial charge in [-0.25, -0.2) is 4.39 Å². The van der Waals surface area contributed by atoms with Crippen LogP contribution in [0.1, 0.15) is 35.2 Å². The molecule has 5 nitrogen and oxygen atoms in total. The van der Waals surface area contributed by atoms with Gasteiger partial charge in [0.1, 0.15) is 17.3 Å². The van der Waals surface area contributed by atoms with E-state index in [-0.39, 0.29) is 28.5 Å². The Hall–Kier alpha value is -3.64. The van der Waals surface area contributed by atoms with Crippen LogP contribution >= 0.6 is 11.6 Å². The summed E-state index contributed by atoms with van der Waals surface area (Å²) in [4.78, 5) is 27.8. The van der Waals surface area contributed by atoms with Gasteiger partial charge in [0.05, 0.1) is 23.2 Å². The van der Waals surface area contributed by atoms with Crippen molar-refractivity contribution < 1.29 is 23.8 Å². The lowest BCUT2D eigenvalue weighted by Gasteiger charge is -2.26. The van der Waals surface area contributed by atoms with E-state index in [2.05, 4.69) is 0 Å². The maximum absolute atomic E-state index is 13.4. The van der Waals surface area contributed by atoms with Gasteiger partial charge in [-0.05, 0) is 55.3 Å². The molecule has 3 aromatic carbocycles. The number of aryl methyl sites for hydroxylation is 1. The second-order valence-corrected chi connectivity index (χ2v) is 8.45. The summed E-state index contributed by atoms with van der Waals surface area (Å²) in [5.41, 5.74) is 2.39. The lowest BCUT2D eigenvalue weighted by Crippen LogP contribution is -2.29. The molecule has 1 aliphatic rings. The van der Waals surface area contributed by atoms with Crippen molar-refractivity contribution in [3.05, 3.63) is 105 Å². The van der Waals surface area contributed by atoms with E-state index in [1.54, 1.807) is 36.4 Å². The van der Waals surface area contributed by atoms with Gasteiger partial charge in [-0.15, -0.1) is 0 Å². The Morgan fingerprint density at radius 1 is 1.09 bits per heavy atom. The summed E-state index contributed by atoms with van der Waals surface area (Å²) in [7, 11) is 0. The first kappa shape index (κ1) is 23.5. The minimum atomic E-state index is -0.850. The number of Topliss-reactive ketones (excluding diaryl/α,β-unsaturated/α-hetero) is 1. The third-order valence-electron chi connectivity index (χ3n) is 5.67. The van der Waals surface area contributed by atoms with Gasteiger partial charge in [-0.1, -0.05) is 53.6 Å². The number of hydrogen-bond donors (Lipinski definition) is 1. The molecule has 0 aromatic heterocycles. The highest BCUT2D eigenvalue weighted by atomic mass is 35.5. The zero-order valence-electron chi connectivity index (χ0n) is 18.7. The van der Waals surface area contributed by atoms with Crippen molar-refractivity contribution in [1.82, 2.24) is 4.90 Å². The fourth-order valence-electron chi connectivity index (χ4n) is 4.10. The third kappa shape index (κ3) is 4.54. The van der Waals surface area contributed by atoms with Crippen molar-refractivity contribution in [2.75, 3.05) is 6.61 Å². The predicted molar refractivity (Wildman–Crippen MR) is 128 cm³/mol.